The molecule has 0 amide bonds. The highest BCUT2D eigenvalue weighted by Gasteiger charge is 2.06. The van der Waals surface area contributed by atoms with Crippen LogP contribution < -0.4 is 10.1 Å². The summed E-state index contributed by atoms with van der Waals surface area (Å²) in [5.41, 5.74) is 1.09. The third-order valence-electron chi connectivity index (χ3n) is 3.12. The summed E-state index contributed by atoms with van der Waals surface area (Å²) in [5, 5.41) is 3.46. The molecule has 1 atom stereocenters. The Morgan fingerprint density at radius 2 is 2.00 bits per heavy atom. The minimum Gasteiger partial charge on any atom is -0.496 e. The third kappa shape index (κ3) is 5.40. The predicted molar refractivity (Wildman–Crippen MR) is 88.8 cm³/mol. The van der Waals surface area contributed by atoms with Gasteiger partial charge >= 0.3 is 0 Å². The van der Waals surface area contributed by atoms with Crippen molar-refractivity contribution in [2.24, 2.45) is 5.92 Å². The van der Waals surface area contributed by atoms with Crippen molar-refractivity contribution in [3.63, 3.8) is 0 Å². The summed E-state index contributed by atoms with van der Waals surface area (Å²) in [6.07, 6.45) is 1.83. The highest BCUT2D eigenvalue weighted by atomic mass is 32.2. The Morgan fingerprint density at radius 3 is 2.76 bits per heavy atom. The van der Waals surface area contributed by atoms with Crippen LogP contribution >= 0.6 is 11.8 Å². The molecule has 0 aliphatic heterocycles. The van der Waals surface area contributed by atoms with E-state index in [0.717, 1.165) is 30.3 Å². The van der Waals surface area contributed by atoms with E-state index in [9.17, 15) is 0 Å². The normalized spacial score (nSPS) is 12.1. The van der Waals surface area contributed by atoms with Crippen LogP contribution in [-0.2, 0) is 6.54 Å². The molecule has 0 saturated heterocycles. The number of para-hydroxylation sites is 1. The second-order valence-corrected chi connectivity index (χ2v) is 6.08. The fourth-order valence-corrected chi connectivity index (χ4v) is 3.03. The highest BCUT2D eigenvalue weighted by molar-refractivity contribution is 7.99. The average molecular weight is 302 g/mol. The molecule has 0 aliphatic carbocycles. The van der Waals surface area contributed by atoms with Gasteiger partial charge in [0.05, 0.1) is 12.8 Å². The van der Waals surface area contributed by atoms with E-state index in [0.29, 0.717) is 5.92 Å². The quantitative estimate of drug-likeness (QED) is 0.755. The molecule has 0 spiro atoms. The minimum atomic E-state index is 0.587. The number of benzene rings is 1. The number of hydrogen-bond donors (Lipinski definition) is 1. The molecule has 0 radical (unpaired) electrons. The molecule has 1 N–H and O–H groups in total. The summed E-state index contributed by atoms with van der Waals surface area (Å²) in [4.78, 5) is 5.51. The van der Waals surface area contributed by atoms with Crippen molar-refractivity contribution in [3.8, 4) is 5.75 Å². The molecule has 0 saturated carbocycles. The molecule has 21 heavy (non-hydrogen) atoms. The van der Waals surface area contributed by atoms with Crippen molar-refractivity contribution in [2.45, 2.75) is 18.4 Å². The molecule has 1 aromatic carbocycles. The van der Waals surface area contributed by atoms with Crippen molar-refractivity contribution in [1.29, 1.82) is 0 Å². The van der Waals surface area contributed by atoms with Crippen LogP contribution in [0.25, 0.3) is 0 Å². The lowest BCUT2D eigenvalue weighted by Crippen LogP contribution is -2.22. The van der Waals surface area contributed by atoms with Crippen molar-refractivity contribution in [3.05, 3.63) is 54.4 Å². The van der Waals surface area contributed by atoms with E-state index in [2.05, 4.69) is 29.4 Å². The van der Waals surface area contributed by atoms with E-state index in [1.807, 2.05) is 48.3 Å². The number of nitrogens with zero attached hydrogens (tertiary/aromatic N) is 1. The molecule has 0 fully saturated rings. The van der Waals surface area contributed by atoms with E-state index in [4.69, 9.17) is 4.74 Å². The van der Waals surface area contributed by atoms with Crippen molar-refractivity contribution < 1.29 is 4.74 Å². The van der Waals surface area contributed by atoms with Gasteiger partial charge in [-0.2, -0.15) is 0 Å². The average Bonchev–Trinajstić information content (AvgIpc) is 2.54. The fraction of sp³-hybridized carbons (Fsp3) is 0.353. The van der Waals surface area contributed by atoms with E-state index < -0.39 is 0 Å². The van der Waals surface area contributed by atoms with Crippen molar-refractivity contribution in [2.75, 3.05) is 19.4 Å². The van der Waals surface area contributed by atoms with Gasteiger partial charge in [-0.1, -0.05) is 25.1 Å². The van der Waals surface area contributed by atoms with Gasteiger partial charge in [0.2, 0.25) is 0 Å². The fourth-order valence-electron chi connectivity index (χ4n) is 1.98. The molecule has 112 valence electrons. The van der Waals surface area contributed by atoms with Crippen LogP contribution in [0.15, 0.2) is 53.6 Å². The lowest BCUT2D eigenvalue weighted by molar-refractivity contribution is 0.404. The van der Waals surface area contributed by atoms with Gasteiger partial charge in [0.1, 0.15) is 5.75 Å². The molecule has 0 aliphatic rings. The lowest BCUT2D eigenvalue weighted by Gasteiger charge is -2.13. The molecule has 3 nitrogen and oxygen atoms in total. The lowest BCUT2D eigenvalue weighted by atomic mass is 10.2. The first-order chi connectivity index (χ1) is 10.3. The Balaban J connectivity index is 1.71. The predicted octanol–water partition coefficient (Wildman–Crippen LogP) is 3.61. The van der Waals surface area contributed by atoms with Gasteiger partial charge in [0.15, 0.2) is 0 Å². The van der Waals surface area contributed by atoms with Crippen LogP contribution in [0.3, 0.4) is 0 Å². The Bertz CT molecular complexity index is 533. The monoisotopic (exact) mass is 302 g/mol. The molecule has 1 unspecified atom stereocenters. The number of nitrogens with one attached hydrogen (secondary N) is 1. The molecule has 2 rings (SSSR count). The third-order valence-corrected chi connectivity index (χ3v) is 4.50. The number of ether oxygens (including phenoxy) is 1. The topological polar surface area (TPSA) is 34.1 Å². The maximum Gasteiger partial charge on any atom is 0.132 e. The van der Waals surface area contributed by atoms with Gasteiger partial charge in [-0.3, -0.25) is 4.98 Å². The minimum absolute atomic E-state index is 0.587. The first-order valence-electron chi connectivity index (χ1n) is 7.16. The first-order valence-corrected chi connectivity index (χ1v) is 8.14. The molecule has 4 heteroatoms. The van der Waals surface area contributed by atoms with E-state index in [1.165, 1.54) is 4.90 Å². The van der Waals surface area contributed by atoms with Crippen LogP contribution in [-0.4, -0.2) is 24.4 Å². The number of pyridine rings is 1. The zero-order chi connectivity index (χ0) is 14.9. The standard InChI is InChI=1S/C17H22N2OS/c1-14(11-18-12-15-7-5-6-10-19-15)13-21-17-9-4-3-8-16(17)20-2/h3-10,14,18H,11-13H2,1-2H3. The molecule has 0 bridgehead atoms. The van der Waals surface area contributed by atoms with Gasteiger partial charge in [0.25, 0.3) is 0 Å². The van der Waals surface area contributed by atoms with Crippen LogP contribution in [0.2, 0.25) is 0 Å². The summed E-state index contributed by atoms with van der Waals surface area (Å²) in [7, 11) is 1.72. The SMILES string of the molecule is COc1ccccc1SCC(C)CNCc1ccccn1. The maximum atomic E-state index is 5.37. The summed E-state index contributed by atoms with van der Waals surface area (Å²) in [6.45, 7) is 4.07. The van der Waals surface area contributed by atoms with Gasteiger partial charge in [0, 0.05) is 23.4 Å². The van der Waals surface area contributed by atoms with E-state index in [1.54, 1.807) is 7.11 Å². The number of hydrogen-bond acceptors (Lipinski definition) is 4. The van der Waals surface area contributed by atoms with Gasteiger partial charge in [-0.25, -0.2) is 0 Å². The van der Waals surface area contributed by atoms with E-state index in [-0.39, 0.29) is 0 Å². The van der Waals surface area contributed by atoms with Crippen LogP contribution in [0, 0.1) is 5.92 Å². The van der Waals surface area contributed by atoms with Gasteiger partial charge in [-0.05, 0) is 36.7 Å². The van der Waals surface area contributed by atoms with Gasteiger partial charge in [-0.15, -0.1) is 11.8 Å². The number of methoxy groups -OCH3 is 1. The Hall–Kier alpha value is -1.52. The maximum absolute atomic E-state index is 5.37. The summed E-state index contributed by atoms with van der Waals surface area (Å²) in [5.74, 6) is 2.61. The van der Waals surface area contributed by atoms with Gasteiger partial charge < -0.3 is 10.1 Å². The number of thioether (sulfide) groups is 1. The Kier molecular flexibility index (Phi) is 6.57. The van der Waals surface area contributed by atoms with E-state index >= 15 is 0 Å². The summed E-state index contributed by atoms with van der Waals surface area (Å²) < 4.78 is 5.37. The second-order valence-electron chi connectivity index (χ2n) is 5.02. The zero-order valence-electron chi connectivity index (χ0n) is 12.6. The first kappa shape index (κ1) is 15.9. The van der Waals surface area contributed by atoms with Crippen molar-refractivity contribution >= 4 is 11.8 Å². The number of aromatic nitrogens is 1. The molecule has 2 aromatic rings. The van der Waals surface area contributed by atoms with Crippen LogP contribution in [0.5, 0.6) is 5.75 Å². The molecule has 1 aromatic heterocycles. The zero-order valence-corrected chi connectivity index (χ0v) is 13.4. The summed E-state index contributed by atoms with van der Waals surface area (Å²) >= 11 is 1.85. The van der Waals surface area contributed by atoms with Crippen molar-refractivity contribution in [1.82, 2.24) is 10.3 Å². The molecular formula is C17H22N2OS. The highest BCUT2D eigenvalue weighted by Crippen LogP contribution is 2.29. The Labute approximate surface area is 131 Å². The second kappa shape index (κ2) is 8.70. The van der Waals surface area contributed by atoms with Crippen LogP contribution in [0.4, 0.5) is 0 Å². The molecular weight excluding hydrogens is 280 g/mol. The smallest absolute Gasteiger partial charge is 0.132 e. The Morgan fingerprint density at radius 1 is 1.19 bits per heavy atom. The van der Waals surface area contributed by atoms with Crippen LogP contribution in [0.1, 0.15) is 12.6 Å². The summed E-state index contributed by atoms with van der Waals surface area (Å²) in [6, 6.07) is 14.2. The largest absolute Gasteiger partial charge is 0.496 e. The molecule has 1 heterocycles. The number of rotatable bonds is 8.